The molecule has 1 amide bonds. The summed E-state index contributed by atoms with van der Waals surface area (Å²) >= 11 is 0. The van der Waals surface area contributed by atoms with Crippen molar-refractivity contribution in [1.82, 2.24) is 19.8 Å². The van der Waals surface area contributed by atoms with E-state index in [1.165, 1.54) is 19.2 Å². The fourth-order valence-electron chi connectivity index (χ4n) is 3.48. The molecule has 0 saturated heterocycles. The molecule has 1 aromatic heterocycles. The number of hydrogen-bond acceptors (Lipinski definition) is 5. The second-order valence-electron chi connectivity index (χ2n) is 7.88. The van der Waals surface area contributed by atoms with E-state index in [-0.39, 0.29) is 24.0 Å². The van der Waals surface area contributed by atoms with Gasteiger partial charge in [0.15, 0.2) is 0 Å². The molecule has 0 saturated carbocycles. The number of amides is 1. The molecule has 176 valence electrons. The van der Waals surface area contributed by atoms with Crippen LogP contribution in [0.2, 0.25) is 0 Å². The van der Waals surface area contributed by atoms with Crippen molar-refractivity contribution in [3.05, 3.63) is 76.6 Å². The molecule has 0 atom stereocenters. The summed E-state index contributed by atoms with van der Waals surface area (Å²) in [5.74, 6) is -0.305. The van der Waals surface area contributed by atoms with Crippen molar-refractivity contribution in [2.24, 2.45) is 0 Å². The predicted octanol–water partition coefficient (Wildman–Crippen LogP) is 2.69. The highest BCUT2D eigenvalue weighted by atomic mass is 32.2. The zero-order valence-corrected chi connectivity index (χ0v) is 20.2. The topological polar surface area (TPSA) is 102 Å². The zero-order chi connectivity index (χ0) is 24.0. The number of methoxy groups -OCH3 is 1. The fourth-order valence-corrected chi connectivity index (χ4v) is 4.52. The Hall–Kier alpha value is -3.01. The third-order valence-electron chi connectivity index (χ3n) is 5.25. The maximum Gasteiger partial charge on any atom is 0.251 e. The summed E-state index contributed by atoms with van der Waals surface area (Å²) in [7, 11) is -2.22. The Labute approximate surface area is 195 Å². The molecule has 0 bridgehead atoms. The van der Waals surface area contributed by atoms with Crippen LogP contribution in [0.4, 0.5) is 0 Å². The summed E-state index contributed by atoms with van der Waals surface area (Å²) in [6, 6.07) is 14.6. The molecule has 2 N–H and O–H groups in total. The first kappa shape index (κ1) is 24.6. The quantitative estimate of drug-likeness (QED) is 0.444. The summed E-state index contributed by atoms with van der Waals surface area (Å²) in [4.78, 5) is 12.8. The largest absolute Gasteiger partial charge is 0.383 e. The Bertz CT molecular complexity index is 1220. The normalized spacial score (nSPS) is 11.5. The van der Waals surface area contributed by atoms with Crippen LogP contribution in [0, 0.1) is 20.8 Å². The van der Waals surface area contributed by atoms with Crippen LogP contribution in [-0.4, -0.2) is 50.9 Å². The van der Waals surface area contributed by atoms with Crippen molar-refractivity contribution in [3.8, 4) is 5.69 Å². The monoisotopic (exact) mass is 470 g/mol. The summed E-state index contributed by atoms with van der Waals surface area (Å²) in [5.41, 5.74) is 5.15. The van der Waals surface area contributed by atoms with Crippen LogP contribution < -0.4 is 10.0 Å². The van der Waals surface area contributed by atoms with Crippen LogP contribution in [0.3, 0.4) is 0 Å². The molecule has 0 aliphatic rings. The highest BCUT2D eigenvalue weighted by molar-refractivity contribution is 7.89. The third kappa shape index (κ3) is 6.28. The van der Waals surface area contributed by atoms with Gasteiger partial charge in [0.2, 0.25) is 10.0 Å². The van der Waals surface area contributed by atoms with Crippen molar-refractivity contribution in [1.29, 1.82) is 0 Å². The minimum Gasteiger partial charge on any atom is -0.383 e. The van der Waals surface area contributed by atoms with E-state index >= 15 is 0 Å². The Morgan fingerprint density at radius 1 is 1.03 bits per heavy atom. The number of hydrogen-bond donors (Lipinski definition) is 2. The Morgan fingerprint density at radius 2 is 1.76 bits per heavy atom. The number of sulfonamides is 1. The number of carbonyl (C=O) groups is 1. The highest BCUT2D eigenvalue weighted by Gasteiger charge is 2.17. The van der Waals surface area contributed by atoms with E-state index < -0.39 is 10.0 Å². The molecule has 3 rings (SSSR count). The van der Waals surface area contributed by atoms with Crippen molar-refractivity contribution in [3.63, 3.8) is 0 Å². The molecule has 0 aliphatic heterocycles. The Morgan fingerprint density at radius 3 is 2.39 bits per heavy atom. The smallest absolute Gasteiger partial charge is 0.251 e. The summed E-state index contributed by atoms with van der Waals surface area (Å²) < 4.78 is 34.1. The van der Waals surface area contributed by atoms with Gasteiger partial charge >= 0.3 is 0 Å². The molecule has 8 nitrogen and oxygen atoms in total. The number of nitrogens with zero attached hydrogens (tertiary/aromatic N) is 2. The molecule has 0 fully saturated rings. The standard InChI is InChI=1S/C24H30N4O4S/c1-17-5-10-22(33(30,31)26-13-14-32-4)16-23(17)24(29)25-12-11-20-6-8-21(9-7-20)28-19(3)15-18(2)27-28/h5-10,15-16,26H,11-14H2,1-4H3,(H,25,29). The van der Waals surface area contributed by atoms with Crippen LogP contribution in [-0.2, 0) is 21.2 Å². The summed E-state index contributed by atoms with van der Waals surface area (Å²) in [6.07, 6.45) is 0.652. The van der Waals surface area contributed by atoms with Crippen molar-refractivity contribution in [2.75, 3.05) is 26.8 Å². The van der Waals surface area contributed by atoms with E-state index in [9.17, 15) is 13.2 Å². The first-order valence-electron chi connectivity index (χ1n) is 10.7. The van der Waals surface area contributed by atoms with Gasteiger partial charge in [-0.3, -0.25) is 4.79 Å². The second-order valence-corrected chi connectivity index (χ2v) is 9.65. The van der Waals surface area contributed by atoms with Gasteiger partial charge in [-0.2, -0.15) is 5.10 Å². The number of ether oxygens (including phenoxy) is 1. The maximum atomic E-state index is 12.7. The molecule has 0 aliphatic carbocycles. The van der Waals surface area contributed by atoms with E-state index in [0.29, 0.717) is 24.1 Å². The van der Waals surface area contributed by atoms with Crippen molar-refractivity contribution in [2.45, 2.75) is 32.1 Å². The lowest BCUT2D eigenvalue weighted by Crippen LogP contribution is -2.29. The van der Waals surface area contributed by atoms with Crippen LogP contribution in [0.25, 0.3) is 5.69 Å². The molecular formula is C24H30N4O4S. The van der Waals surface area contributed by atoms with Gasteiger partial charge < -0.3 is 10.1 Å². The number of nitrogens with one attached hydrogen (secondary N) is 2. The minimum absolute atomic E-state index is 0.0501. The van der Waals surface area contributed by atoms with Crippen LogP contribution in [0.5, 0.6) is 0 Å². The van der Waals surface area contributed by atoms with Crippen molar-refractivity contribution >= 4 is 15.9 Å². The Balaban J connectivity index is 1.61. The van der Waals surface area contributed by atoms with E-state index in [4.69, 9.17) is 4.74 Å². The van der Waals surface area contributed by atoms with Crippen LogP contribution in [0.15, 0.2) is 53.4 Å². The summed E-state index contributed by atoms with van der Waals surface area (Å²) in [6.45, 7) is 6.61. The maximum absolute atomic E-state index is 12.7. The number of aryl methyl sites for hydroxylation is 3. The lowest BCUT2D eigenvalue weighted by Gasteiger charge is -2.11. The number of aromatic nitrogens is 2. The molecule has 33 heavy (non-hydrogen) atoms. The molecule has 0 unspecified atom stereocenters. The third-order valence-corrected chi connectivity index (χ3v) is 6.71. The molecule has 0 spiro atoms. The molecule has 3 aromatic rings. The summed E-state index contributed by atoms with van der Waals surface area (Å²) in [5, 5.41) is 7.37. The van der Waals surface area contributed by atoms with Gasteiger partial charge in [-0.15, -0.1) is 0 Å². The van der Waals surface area contributed by atoms with E-state index in [1.54, 1.807) is 13.0 Å². The lowest BCUT2D eigenvalue weighted by molar-refractivity contribution is 0.0953. The SMILES string of the molecule is COCCNS(=O)(=O)c1ccc(C)c(C(=O)NCCc2ccc(-n3nc(C)cc3C)cc2)c1. The highest BCUT2D eigenvalue weighted by Crippen LogP contribution is 2.16. The zero-order valence-electron chi connectivity index (χ0n) is 19.4. The molecule has 1 heterocycles. The van der Waals surface area contributed by atoms with Gasteiger partial charge in [-0.05, 0) is 68.7 Å². The van der Waals surface area contributed by atoms with Crippen molar-refractivity contribution < 1.29 is 17.9 Å². The number of benzene rings is 2. The van der Waals surface area contributed by atoms with E-state index in [2.05, 4.69) is 15.1 Å². The van der Waals surface area contributed by atoms with Crippen LogP contribution >= 0.6 is 0 Å². The molecule has 0 radical (unpaired) electrons. The van der Waals surface area contributed by atoms with Gasteiger partial charge in [-0.1, -0.05) is 18.2 Å². The minimum atomic E-state index is -3.71. The van der Waals surface area contributed by atoms with E-state index in [0.717, 1.165) is 22.6 Å². The van der Waals surface area contributed by atoms with Gasteiger partial charge in [0.05, 0.1) is 22.9 Å². The molecule has 2 aromatic carbocycles. The average molecular weight is 471 g/mol. The lowest BCUT2D eigenvalue weighted by atomic mass is 10.1. The van der Waals surface area contributed by atoms with E-state index in [1.807, 2.05) is 48.9 Å². The van der Waals surface area contributed by atoms with Gasteiger partial charge in [0.1, 0.15) is 0 Å². The Kier molecular flexibility index (Phi) is 8.01. The number of rotatable bonds is 10. The second kappa shape index (κ2) is 10.7. The van der Waals surface area contributed by atoms with Gasteiger partial charge in [0.25, 0.3) is 5.91 Å². The molecule has 9 heteroatoms. The predicted molar refractivity (Wildman–Crippen MR) is 127 cm³/mol. The van der Waals surface area contributed by atoms with Gasteiger partial charge in [-0.25, -0.2) is 17.8 Å². The first-order chi connectivity index (χ1) is 15.7. The number of carbonyl (C=O) groups excluding carboxylic acids is 1. The van der Waals surface area contributed by atoms with Gasteiger partial charge in [0, 0.05) is 31.5 Å². The molecular weight excluding hydrogens is 440 g/mol. The average Bonchev–Trinajstić information content (AvgIpc) is 3.12. The first-order valence-corrected chi connectivity index (χ1v) is 12.2. The van der Waals surface area contributed by atoms with Crippen LogP contribution in [0.1, 0.15) is 32.9 Å². The fraction of sp³-hybridized carbons (Fsp3) is 0.333.